The number of aliphatic hydroxyl groups is 1. The van der Waals surface area contributed by atoms with Crippen LogP contribution in [0.3, 0.4) is 0 Å². The van der Waals surface area contributed by atoms with Crippen LogP contribution in [0.4, 0.5) is 10.2 Å². The van der Waals surface area contributed by atoms with Gasteiger partial charge in [0, 0.05) is 24.0 Å². The van der Waals surface area contributed by atoms with Gasteiger partial charge in [0.15, 0.2) is 0 Å². The van der Waals surface area contributed by atoms with Gasteiger partial charge >= 0.3 is 0 Å². The van der Waals surface area contributed by atoms with Crippen molar-refractivity contribution < 1.29 is 14.6 Å². The lowest BCUT2D eigenvalue weighted by atomic mass is 10.1. The van der Waals surface area contributed by atoms with Crippen LogP contribution in [0.1, 0.15) is 24.2 Å². The highest BCUT2D eigenvalue weighted by Gasteiger charge is 2.23. The van der Waals surface area contributed by atoms with E-state index in [9.17, 15) is 9.50 Å². The van der Waals surface area contributed by atoms with E-state index >= 15 is 0 Å². The van der Waals surface area contributed by atoms with E-state index in [1.54, 1.807) is 6.07 Å². The van der Waals surface area contributed by atoms with Crippen LogP contribution >= 0.6 is 0 Å². The summed E-state index contributed by atoms with van der Waals surface area (Å²) in [7, 11) is 0. The van der Waals surface area contributed by atoms with Gasteiger partial charge in [-0.05, 0) is 25.1 Å². The lowest BCUT2D eigenvalue weighted by Crippen LogP contribution is -2.28. The minimum atomic E-state index is -0.381. The van der Waals surface area contributed by atoms with E-state index in [4.69, 9.17) is 5.11 Å². The Hall–Kier alpha value is -2.67. The first-order valence-corrected chi connectivity index (χ1v) is 7.19. The molecule has 1 atom stereocenters. The van der Waals surface area contributed by atoms with Crippen LogP contribution < -0.4 is 4.90 Å². The van der Waals surface area contributed by atoms with Crippen LogP contribution in [0.2, 0.25) is 0 Å². The summed E-state index contributed by atoms with van der Waals surface area (Å²) in [6.45, 7) is 2.24. The van der Waals surface area contributed by atoms with Crippen molar-refractivity contribution >= 4 is 5.82 Å². The molecule has 2 N–H and O–H groups in total. The first-order valence-electron chi connectivity index (χ1n) is 7.19. The van der Waals surface area contributed by atoms with Crippen LogP contribution in [0, 0.1) is 5.82 Å². The molecule has 120 valence electrons. The second kappa shape index (κ2) is 6.21. The number of hydrogen-bond acceptors (Lipinski definition) is 6. The molecular formula is C16H17FN4O2. The average molecular weight is 316 g/mol. The Morgan fingerprint density at radius 1 is 1.26 bits per heavy atom. The Labute approximate surface area is 133 Å². The number of halogens is 1. The maximum Gasteiger partial charge on any atom is 0.137 e. The van der Waals surface area contributed by atoms with Gasteiger partial charge in [0.25, 0.3) is 0 Å². The predicted octanol–water partition coefficient (Wildman–Crippen LogP) is 2.13. The van der Waals surface area contributed by atoms with Gasteiger partial charge in [0.1, 0.15) is 23.7 Å². The summed E-state index contributed by atoms with van der Waals surface area (Å²) < 4.78 is 13.4. The van der Waals surface area contributed by atoms with E-state index in [1.165, 1.54) is 24.5 Å². The number of anilines is 1. The van der Waals surface area contributed by atoms with Gasteiger partial charge in [0.05, 0.1) is 25.0 Å². The fourth-order valence-electron chi connectivity index (χ4n) is 2.50. The van der Waals surface area contributed by atoms with Crippen LogP contribution in [0.5, 0.6) is 5.75 Å². The summed E-state index contributed by atoms with van der Waals surface area (Å²) >= 11 is 0. The number of phenols is 1. The molecule has 6 nitrogen and oxygen atoms in total. The van der Waals surface area contributed by atoms with Crippen LogP contribution in [-0.4, -0.2) is 31.7 Å². The highest BCUT2D eigenvalue weighted by Crippen LogP contribution is 2.31. The molecular weight excluding hydrogens is 299 g/mol. The van der Waals surface area contributed by atoms with E-state index in [1.807, 2.05) is 29.1 Å². The van der Waals surface area contributed by atoms with Gasteiger partial charge in [-0.25, -0.2) is 14.4 Å². The molecule has 2 aromatic rings. The van der Waals surface area contributed by atoms with Crippen molar-refractivity contribution in [3.63, 3.8) is 0 Å². The number of rotatable bonds is 4. The molecule has 1 unspecified atom stereocenters. The lowest BCUT2D eigenvalue weighted by molar-refractivity contribution is 0.276. The number of benzene rings is 1. The standard InChI is InChI=1S/C16H17FN4O2/c1-11(14-6-12(17)2-3-15(14)23)20-4-5-21(10-20)16-7-13(8-22)18-9-19-16/h2-7,9,11,22-23H,8,10H2,1H3. The second-order valence-corrected chi connectivity index (χ2v) is 5.33. The molecule has 1 aliphatic heterocycles. The smallest absolute Gasteiger partial charge is 0.137 e. The number of hydrogen-bond donors (Lipinski definition) is 2. The number of aromatic nitrogens is 2. The third-order valence-corrected chi connectivity index (χ3v) is 3.86. The van der Waals surface area contributed by atoms with Crippen molar-refractivity contribution in [1.29, 1.82) is 0 Å². The lowest BCUT2D eigenvalue weighted by Gasteiger charge is -2.27. The van der Waals surface area contributed by atoms with E-state index < -0.39 is 0 Å². The molecule has 1 aromatic heterocycles. The fraction of sp³-hybridized carbons (Fsp3) is 0.250. The zero-order valence-electron chi connectivity index (χ0n) is 12.6. The molecule has 0 aliphatic carbocycles. The van der Waals surface area contributed by atoms with Crippen LogP contribution in [-0.2, 0) is 6.61 Å². The summed E-state index contributed by atoms with van der Waals surface area (Å²) in [6, 6.07) is 5.43. The quantitative estimate of drug-likeness (QED) is 0.900. The summed E-state index contributed by atoms with van der Waals surface area (Å²) in [6.07, 6.45) is 5.10. The monoisotopic (exact) mass is 316 g/mol. The van der Waals surface area contributed by atoms with E-state index in [2.05, 4.69) is 9.97 Å². The molecule has 7 heteroatoms. The molecule has 0 saturated carbocycles. The van der Waals surface area contributed by atoms with Crippen molar-refractivity contribution in [2.45, 2.75) is 19.6 Å². The third-order valence-electron chi connectivity index (χ3n) is 3.86. The molecule has 0 saturated heterocycles. The molecule has 1 aromatic carbocycles. The highest BCUT2D eigenvalue weighted by atomic mass is 19.1. The van der Waals surface area contributed by atoms with Gasteiger partial charge in [-0.2, -0.15) is 0 Å². The SMILES string of the molecule is CC(c1cc(F)ccc1O)N1C=CN(c2cc(CO)ncn2)C1. The molecule has 2 heterocycles. The molecule has 23 heavy (non-hydrogen) atoms. The zero-order chi connectivity index (χ0) is 16.4. The van der Waals surface area contributed by atoms with Gasteiger partial charge in [0.2, 0.25) is 0 Å². The minimum Gasteiger partial charge on any atom is -0.508 e. The molecule has 3 rings (SSSR count). The molecule has 0 fully saturated rings. The number of nitrogens with zero attached hydrogens (tertiary/aromatic N) is 4. The van der Waals surface area contributed by atoms with Gasteiger partial charge in [-0.15, -0.1) is 0 Å². The third kappa shape index (κ3) is 3.09. The summed E-state index contributed by atoms with van der Waals surface area (Å²) in [5, 5.41) is 19.1. The topological polar surface area (TPSA) is 72.7 Å². The normalized spacial score (nSPS) is 15.3. The number of aromatic hydroxyl groups is 1. The van der Waals surface area contributed by atoms with Gasteiger partial charge in [-0.3, -0.25) is 0 Å². The van der Waals surface area contributed by atoms with Crippen molar-refractivity contribution in [1.82, 2.24) is 14.9 Å². The number of phenolic OH excluding ortho intramolecular Hbond substituents is 1. The second-order valence-electron chi connectivity index (χ2n) is 5.33. The molecule has 0 spiro atoms. The van der Waals surface area contributed by atoms with Crippen molar-refractivity contribution in [3.8, 4) is 5.75 Å². The summed E-state index contributed by atoms with van der Waals surface area (Å²) in [5.74, 6) is 0.349. The van der Waals surface area contributed by atoms with E-state index in [0.29, 0.717) is 23.7 Å². The summed E-state index contributed by atoms with van der Waals surface area (Å²) in [4.78, 5) is 12.0. The minimum absolute atomic E-state index is 0.0651. The van der Waals surface area contributed by atoms with E-state index in [0.717, 1.165) is 0 Å². The van der Waals surface area contributed by atoms with Crippen LogP contribution in [0.25, 0.3) is 0 Å². The zero-order valence-corrected chi connectivity index (χ0v) is 12.6. The fourth-order valence-corrected chi connectivity index (χ4v) is 2.50. The van der Waals surface area contributed by atoms with Gasteiger partial charge < -0.3 is 20.0 Å². The first-order chi connectivity index (χ1) is 11.1. The Kier molecular flexibility index (Phi) is 4.12. The predicted molar refractivity (Wildman–Crippen MR) is 82.8 cm³/mol. The van der Waals surface area contributed by atoms with Crippen LogP contribution in [0.15, 0.2) is 43.0 Å². The number of aliphatic hydroxyl groups excluding tert-OH is 1. The first kappa shape index (κ1) is 15.2. The van der Waals surface area contributed by atoms with Crippen molar-refractivity contribution in [2.75, 3.05) is 11.6 Å². The van der Waals surface area contributed by atoms with Crippen molar-refractivity contribution in [3.05, 3.63) is 60.1 Å². The molecule has 0 radical (unpaired) electrons. The molecule has 0 amide bonds. The highest BCUT2D eigenvalue weighted by molar-refractivity contribution is 5.44. The Balaban J connectivity index is 1.77. The Morgan fingerprint density at radius 3 is 2.87 bits per heavy atom. The molecule has 1 aliphatic rings. The summed E-state index contributed by atoms with van der Waals surface area (Å²) in [5.41, 5.74) is 1.06. The van der Waals surface area contributed by atoms with E-state index in [-0.39, 0.29) is 24.2 Å². The Morgan fingerprint density at radius 2 is 2.09 bits per heavy atom. The maximum atomic E-state index is 13.4. The van der Waals surface area contributed by atoms with Crippen molar-refractivity contribution in [2.24, 2.45) is 0 Å². The maximum absolute atomic E-state index is 13.4. The molecule has 0 bridgehead atoms. The Bertz CT molecular complexity index is 738. The average Bonchev–Trinajstić information content (AvgIpc) is 3.06. The van der Waals surface area contributed by atoms with Gasteiger partial charge in [-0.1, -0.05) is 0 Å². The largest absolute Gasteiger partial charge is 0.508 e.